The molecule has 0 spiro atoms. The molecule has 0 aliphatic heterocycles. The SMILES string of the molecule is CCCCCCCCC1=C(C=O)[C@H](C=O)[C@@H](O[Si](C)(C)C(C)(C)C)CC1. The average molecular weight is 381 g/mol. The molecule has 0 radical (unpaired) electrons. The Bertz CT molecular complexity index is 488. The van der Waals surface area contributed by atoms with Gasteiger partial charge in [0.2, 0.25) is 0 Å². The Morgan fingerprint density at radius 1 is 1.08 bits per heavy atom. The number of carbonyl (C=O) groups excluding carboxylic acids is 2. The molecule has 0 saturated heterocycles. The number of allylic oxidation sites excluding steroid dienone is 1. The first kappa shape index (κ1) is 23.3. The summed E-state index contributed by atoms with van der Waals surface area (Å²) in [6, 6.07) is 0. The van der Waals surface area contributed by atoms with Crippen molar-refractivity contribution in [2.45, 2.75) is 110 Å². The molecule has 3 nitrogen and oxygen atoms in total. The van der Waals surface area contributed by atoms with Crippen LogP contribution in [0.3, 0.4) is 0 Å². The van der Waals surface area contributed by atoms with E-state index in [9.17, 15) is 9.59 Å². The number of hydrogen-bond acceptors (Lipinski definition) is 3. The molecule has 0 aromatic carbocycles. The van der Waals surface area contributed by atoms with Gasteiger partial charge in [-0.2, -0.15) is 0 Å². The molecule has 1 aliphatic rings. The second-order valence-corrected chi connectivity index (χ2v) is 14.1. The maximum atomic E-state index is 11.8. The Balaban J connectivity index is 2.76. The molecular formula is C22H40O3Si. The molecule has 0 aromatic heterocycles. The van der Waals surface area contributed by atoms with Gasteiger partial charge < -0.3 is 9.22 Å². The maximum absolute atomic E-state index is 11.8. The molecule has 0 amide bonds. The van der Waals surface area contributed by atoms with E-state index in [1.54, 1.807) is 0 Å². The minimum absolute atomic E-state index is 0.101. The first-order valence-electron chi connectivity index (χ1n) is 10.5. The Morgan fingerprint density at radius 3 is 2.23 bits per heavy atom. The quantitative estimate of drug-likeness (QED) is 0.242. The first-order chi connectivity index (χ1) is 12.2. The number of hydrogen-bond donors (Lipinski definition) is 0. The monoisotopic (exact) mass is 380 g/mol. The van der Waals surface area contributed by atoms with Gasteiger partial charge in [-0.05, 0) is 43.8 Å². The molecule has 0 unspecified atom stereocenters. The van der Waals surface area contributed by atoms with Gasteiger partial charge in [0.15, 0.2) is 8.32 Å². The Morgan fingerprint density at radius 2 is 1.69 bits per heavy atom. The third-order valence-electron chi connectivity index (χ3n) is 6.26. The Kier molecular flexibility index (Phi) is 9.46. The molecule has 26 heavy (non-hydrogen) atoms. The maximum Gasteiger partial charge on any atom is 0.192 e. The van der Waals surface area contributed by atoms with Gasteiger partial charge in [-0.15, -0.1) is 0 Å². The highest BCUT2D eigenvalue weighted by Gasteiger charge is 2.42. The van der Waals surface area contributed by atoms with Crippen molar-refractivity contribution in [3.63, 3.8) is 0 Å². The lowest BCUT2D eigenvalue weighted by atomic mass is 9.80. The summed E-state index contributed by atoms with van der Waals surface area (Å²) in [5.41, 5.74) is 1.91. The second-order valence-electron chi connectivity index (χ2n) is 9.31. The van der Waals surface area contributed by atoms with Crippen LogP contribution in [-0.2, 0) is 14.0 Å². The summed E-state index contributed by atoms with van der Waals surface area (Å²) in [6.07, 6.45) is 11.9. The highest BCUT2D eigenvalue weighted by Crippen LogP contribution is 2.41. The van der Waals surface area contributed by atoms with Gasteiger partial charge in [-0.25, -0.2) is 0 Å². The van der Waals surface area contributed by atoms with E-state index in [1.165, 1.54) is 37.7 Å². The molecule has 0 heterocycles. The van der Waals surface area contributed by atoms with Crippen LogP contribution in [0.25, 0.3) is 0 Å². The van der Waals surface area contributed by atoms with Crippen LogP contribution in [-0.4, -0.2) is 27.0 Å². The van der Waals surface area contributed by atoms with Crippen molar-refractivity contribution < 1.29 is 14.0 Å². The van der Waals surface area contributed by atoms with Gasteiger partial charge in [0.25, 0.3) is 0 Å². The van der Waals surface area contributed by atoms with Gasteiger partial charge in [0.05, 0.1) is 12.0 Å². The van der Waals surface area contributed by atoms with Crippen molar-refractivity contribution in [1.29, 1.82) is 0 Å². The minimum atomic E-state index is -1.96. The summed E-state index contributed by atoms with van der Waals surface area (Å²) in [5.74, 6) is -0.384. The lowest BCUT2D eigenvalue weighted by molar-refractivity contribution is -0.115. The van der Waals surface area contributed by atoms with E-state index < -0.39 is 8.32 Å². The third-order valence-corrected chi connectivity index (χ3v) is 10.8. The number of carbonyl (C=O) groups is 2. The fourth-order valence-corrected chi connectivity index (χ4v) is 4.85. The summed E-state index contributed by atoms with van der Waals surface area (Å²) in [4.78, 5) is 23.6. The van der Waals surface area contributed by atoms with Crippen molar-refractivity contribution in [3.8, 4) is 0 Å². The molecule has 0 N–H and O–H groups in total. The number of unbranched alkanes of at least 4 members (excludes halogenated alkanes) is 5. The van der Waals surface area contributed by atoms with Crippen molar-refractivity contribution in [2.75, 3.05) is 0 Å². The molecule has 1 rings (SSSR count). The van der Waals surface area contributed by atoms with E-state index in [0.717, 1.165) is 38.3 Å². The van der Waals surface area contributed by atoms with Crippen LogP contribution in [0.5, 0.6) is 0 Å². The Labute approximate surface area is 162 Å². The van der Waals surface area contributed by atoms with Gasteiger partial charge in [-0.1, -0.05) is 65.4 Å². The van der Waals surface area contributed by atoms with E-state index in [2.05, 4.69) is 40.8 Å². The molecule has 0 fully saturated rings. The third kappa shape index (κ3) is 6.45. The van der Waals surface area contributed by atoms with Crippen molar-refractivity contribution in [2.24, 2.45) is 5.92 Å². The number of aldehydes is 2. The lowest BCUT2D eigenvalue weighted by Crippen LogP contribution is -2.47. The predicted octanol–water partition coefficient (Wildman–Crippen LogP) is 6.23. The molecule has 0 saturated carbocycles. The topological polar surface area (TPSA) is 43.4 Å². The van der Waals surface area contributed by atoms with Crippen LogP contribution < -0.4 is 0 Å². The fraction of sp³-hybridized carbons (Fsp3) is 0.818. The summed E-state index contributed by atoms with van der Waals surface area (Å²) in [5, 5.41) is 0.101. The van der Waals surface area contributed by atoms with Crippen LogP contribution in [0.15, 0.2) is 11.1 Å². The summed E-state index contributed by atoms with van der Waals surface area (Å²) in [7, 11) is -1.96. The van der Waals surface area contributed by atoms with Crippen molar-refractivity contribution in [1.82, 2.24) is 0 Å². The largest absolute Gasteiger partial charge is 0.413 e. The highest BCUT2D eigenvalue weighted by atomic mass is 28.4. The number of rotatable bonds is 11. The summed E-state index contributed by atoms with van der Waals surface area (Å²) >= 11 is 0. The smallest absolute Gasteiger partial charge is 0.192 e. The molecule has 0 bridgehead atoms. The van der Waals surface area contributed by atoms with E-state index in [-0.39, 0.29) is 17.1 Å². The van der Waals surface area contributed by atoms with Crippen LogP contribution in [0.4, 0.5) is 0 Å². The fourth-order valence-electron chi connectivity index (χ4n) is 3.47. The van der Waals surface area contributed by atoms with E-state index >= 15 is 0 Å². The molecule has 0 aromatic rings. The average Bonchev–Trinajstić information content (AvgIpc) is 2.57. The lowest BCUT2D eigenvalue weighted by Gasteiger charge is -2.42. The zero-order chi connectivity index (χ0) is 19.8. The normalized spacial score (nSPS) is 21.8. The van der Waals surface area contributed by atoms with Crippen molar-refractivity contribution >= 4 is 20.9 Å². The minimum Gasteiger partial charge on any atom is -0.413 e. The van der Waals surface area contributed by atoms with E-state index in [4.69, 9.17) is 4.43 Å². The molecule has 1 aliphatic carbocycles. The van der Waals surface area contributed by atoms with Crippen LogP contribution in [0.2, 0.25) is 18.1 Å². The van der Waals surface area contributed by atoms with Crippen molar-refractivity contribution in [3.05, 3.63) is 11.1 Å². The molecule has 150 valence electrons. The van der Waals surface area contributed by atoms with E-state index in [0.29, 0.717) is 5.57 Å². The molecule has 2 atom stereocenters. The molecule has 4 heteroatoms. The van der Waals surface area contributed by atoms with Crippen LogP contribution in [0, 0.1) is 5.92 Å². The summed E-state index contributed by atoms with van der Waals surface area (Å²) in [6.45, 7) is 13.3. The van der Waals surface area contributed by atoms with Gasteiger partial charge in [-0.3, -0.25) is 4.79 Å². The highest BCUT2D eigenvalue weighted by molar-refractivity contribution is 6.74. The standard InChI is InChI=1S/C22H40O3Si/c1-7-8-9-10-11-12-13-18-14-15-21(20(17-24)19(18)16-23)25-26(5,6)22(2,3)4/h16-17,20-21H,7-15H2,1-6H3/t20-,21-/m0/s1. The van der Waals surface area contributed by atoms with Crippen LogP contribution in [0.1, 0.15) is 85.5 Å². The Hall–Kier alpha value is -0.743. The van der Waals surface area contributed by atoms with Gasteiger partial charge in [0.1, 0.15) is 12.6 Å². The predicted molar refractivity (Wildman–Crippen MR) is 112 cm³/mol. The van der Waals surface area contributed by atoms with E-state index in [1.807, 2.05) is 0 Å². The first-order valence-corrected chi connectivity index (χ1v) is 13.4. The van der Waals surface area contributed by atoms with Crippen LogP contribution >= 0.6 is 0 Å². The van der Waals surface area contributed by atoms with Gasteiger partial charge in [0, 0.05) is 5.57 Å². The summed E-state index contributed by atoms with van der Waals surface area (Å²) < 4.78 is 6.51. The zero-order valence-corrected chi connectivity index (χ0v) is 18.9. The van der Waals surface area contributed by atoms with Gasteiger partial charge >= 0.3 is 0 Å². The second kappa shape index (κ2) is 10.6. The molecular weight excluding hydrogens is 340 g/mol. The zero-order valence-electron chi connectivity index (χ0n) is 17.9.